The van der Waals surface area contributed by atoms with Crippen LogP contribution in [0.15, 0.2) is 30.6 Å². The summed E-state index contributed by atoms with van der Waals surface area (Å²) in [6.07, 6.45) is 16.6. The summed E-state index contributed by atoms with van der Waals surface area (Å²) in [5.74, 6) is 1.60. The Bertz CT molecular complexity index is 568. The van der Waals surface area contributed by atoms with Crippen molar-refractivity contribution in [2.45, 2.75) is 56.6 Å². The standard InChI is InChI=1S/C20H30N4O/c1-2-5-17(6-3-1)16-24-12-8-20(9-13-24)15-18(7-14-25-20)23-19-21-10-4-11-22-19/h1-2,4,10-11,17-18H,3,5-9,12-16H2,(H,21,22,23). The lowest BCUT2D eigenvalue weighted by molar-refractivity contribution is -0.115. The molecule has 0 radical (unpaired) electrons. The lowest BCUT2D eigenvalue weighted by atomic mass is 9.82. The molecule has 3 heterocycles. The molecule has 2 unspecified atom stereocenters. The highest BCUT2D eigenvalue weighted by molar-refractivity contribution is 5.25. The smallest absolute Gasteiger partial charge is 0.222 e. The Morgan fingerprint density at radius 2 is 2.00 bits per heavy atom. The van der Waals surface area contributed by atoms with Crippen molar-refractivity contribution in [2.24, 2.45) is 5.92 Å². The van der Waals surface area contributed by atoms with Crippen LogP contribution in [0.2, 0.25) is 0 Å². The van der Waals surface area contributed by atoms with E-state index in [4.69, 9.17) is 4.74 Å². The molecular weight excluding hydrogens is 312 g/mol. The average Bonchev–Trinajstić information content (AvgIpc) is 2.66. The van der Waals surface area contributed by atoms with E-state index in [0.29, 0.717) is 6.04 Å². The van der Waals surface area contributed by atoms with E-state index in [1.54, 1.807) is 12.4 Å². The zero-order chi connectivity index (χ0) is 17.0. The van der Waals surface area contributed by atoms with Crippen LogP contribution in [-0.2, 0) is 4.74 Å². The molecule has 1 aromatic rings. The Hall–Kier alpha value is -1.46. The van der Waals surface area contributed by atoms with Gasteiger partial charge in [0.15, 0.2) is 0 Å². The van der Waals surface area contributed by atoms with Gasteiger partial charge in [0.2, 0.25) is 5.95 Å². The summed E-state index contributed by atoms with van der Waals surface area (Å²) in [7, 11) is 0. The SMILES string of the molecule is C1=CCC(CN2CCC3(CC2)CC(Nc2ncccn2)CCO3)CC1. The van der Waals surface area contributed by atoms with Crippen LogP contribution < -0.4 is 5.32 Å². The fraction of sp³-hybridized carbons (Fsp3) is 0.700. The zero-order valence-electron chi connectivity index (χ0n) is 15.1. The van der Waals surface area contributed by atoms with Gasteiger partial charge in [-0.05, 0) is 56.9 Å². The summed E-state index contributed by atoms with van der Waals surface area (Å²) < 4.78 is 6.29. The van der Waals surface area contributed by atoms with Gasteiger partial charge in [-0.3, -0.25) is 0 Å². The summed E-state index contributed by atoms with van der Waals surface area (Å²) in [5, 5.41) is 3.51. The van der Waals surface area contributed by atoms with Crippen molar-refractivity contribution in [2.75, 3.05) is 31.6 Å². The monoisotopic (exact) mass is 342 g/mol. The van der Waals surface area contributed by atoms with Crippen LogP contribution in [0, 0.1) is 5.92 Å². The lowest BCUT2D eigenvalue weighted by Crippen LogP contribution is -2.52. The van der Waals surface area contributed by atoms with Crippen molar-refractivity contribution in [1.29, 1.82) is 0 Å². The molecule has 1 aromatic heterocycles. The second-order valence-corrected chi connectivity index (χ2v) is 7.89. The van der Waals surface area contributed by atoms with Crippen LogP contribution in [0.25, 0.3) is 0 Å². The predicted octanol–water partition coefficient (Wildman–Crippen LogP) is 3.26. The predicted molar refractivity (Wildman–Crippen MR) is 99.5 cm³/mol. The van der Waals surface area contributed by atoms with Gasteiger partial charge in [0, 0.05) is 44.7 Å². The molecule has 0 aromatic carbocycles. The molecule has 4 rings (SSSR count). The number of hydrogen-bond donors (Lipinski definition) is 1. The number of hydrogen-bond acceptors (Lipinski definition) is 5. The molecule has 0 bridgehead atoms. The Kier molecular flexibility index (Phi) is 5.32. The number of allylic oxidation sites excluding steroid dienone is 2. The minimum atomic E-state index is 0.0632. The maximum absolute atomic E-state index is 6.29. The third-order valence-corrected chi connectivity index (χ3v) is 6.05. The highest BCUT2D eigenvalue weighted by atomic mass is 16.5. The van der Waals surface area contributed by atoms with E-state index >= 15 is 0 Å². The second kappa shape index (κ2) is 7.83. The number of nitrogens with one attached hydrogen (secondary N) is 1. The van der Waals surface area contributed by atoms with Crippen molar-refractivity contribution in [1.82, 2.24) is 14.9 Å². The molecule has 2 aliphatic heterocycles. The molecule has 2 atom stereocenters. The second-order valence-electron chi connectivity index (χ2n) is 7.89. The normalized spacial score (nSPS) is 29.6. The van der Waals surface area contributed by atoms with E-state index in [9.17, 15) is 0 Å². The first-order chi connectivity index (χ1) is 12.3. The molecule has 1 N–H and O–H groups in total. The lowest BCUT2D eigenvalue weighted by Gasteiger charge is -2.46. The van der Waals surface area contributed by atoms with E-state index in [0.717, 1.165) is 44.2 Å². The van der Waals surface area contributed by atoms with Gasteiger partial charge in [-0.1, -0.05) is 12.2 Å². The molecule has 5 heteroatoms. The molecule has 2 saturated heterocycles. The van der Waals surface area contributed by atoms with E-state index in [1.165, 1.54) is 38.9 Å². The number of piperidine rings is 1. The van der Waals surface area contributed by atoms with Gasteiger partial charge in [-0.15, -0.1) is 0 Å². The van der Waals surface area contributed by atoms with Gasteiger partial charge in [0.1, 0.15) is 0 Å². The molecule has 2 fully saturated rings. The van der Waals surface area contributed by atoms with E-state index < -0.39 is 0 Å². The molecule has 1 aliphatic carbocycles. The largest absolute Gasteiger partial charge is 0.375 e. The van der Waals surface area contributed by atoms with Gasteiger partial charge >= 0.3 is 0 Å². The Balaban J connectivity index is 1.28. The van der Waals surface area contributed by atoms with Crippen molar-refractivity contribution >= 4 is 5.95 Å². The van der Waals surface area contributed by atoms with Gasteiger partial charge < -0.3 is 15.0 Å². The highest BCUT2D eigenvalue weighted by Gasteiger charge is 2.40. The van der Waals surface area contributed by atoms with Crippen LogP contribution in [-0.4, -0.2) is 52.8 Å². The first kappa shape index (κ1) is 17.0. The fourth-order valence-corrected chi connectivity index (χ4v) is 4.59. The van der Waals surface area contributed by atoms with E-state index in [1.807, 2.05) is 6.07 Å². The van der Waals surface area contributed by atoms with Crippen molar-refractivity contribution < 1.29 is 4.74 Å². The summed E-state index contributed by atoms with van der Waals surface area (Å²) in [6, 6.07) is 2.28. The molecule has 3 aliphatic rings. The fourth-order valence-electron chi connectivity index (χ4n) is 4.59. The summed E-state index contributed by atoms with van der Waals surface area (Å²) in [6.45, 7) is 4.46. The molecule has 0 saturated carbocycles. The summed E-state index contributed by atoms with van der Waals surface area (Å²) >= 11 is 0. The molecular formula is C20H30N4O. The maximum atomic E-state index is 6.29. The van der Waals surface area contributed by atoms with Gasteiger partial charge in [-0.2, -0.15) is 0 Å². The van der Waals surface area contributed by atoms with Crippen molar-refractivity contribution in [3.8, 4) is 0 Å². The highest BCUT2D eigenvalue weighted by Crippen LogP contribution is 2.36. The Labute approximate surface area is 150 Å². The number of nitrogens with zero attached hydrogens (tertiary/aromatic N) is 3. The summed E-state index contributed by atoms with van der Waals surface area (Å²) in [5.41, 5.74) is 0.0632. The third kappa shape index (κ3) is 4.39. The number of rotatable bonds is 4. The van der Waals surface area contributed by atoms with Crippen molar-refractivity contribution in [3.63, 3.8) is 0 Å². The van der Waals surface area contributed by atoms with Gasteiger partial charge in [0.25, 0.3) is 0 Å². The zero-order valence-corrected chi connectivity index (χ0v) is 15.1. The number of ether oxygens (including phenoxy) is 1. The molecule has 25 heavy (non-hydrogen) atoms. The number of likely N-dealkylation sites (tertiary alicyclic amines) is 1. The Morgan fingerprint density at radius 1 is 1.16 bits per heavy atom. The molecule has 0 amide bonds. The van der Waals surface area contributed by atoms with Crippen LogP contribution in [0.3, 0.4) is 0 Å². The molecule has 136 valence electrons. The van der Waals surface area contributed by atoms with Crippen LogP contribution in [0.4, 0.5) is 5.95 Å². The average molecular weight is 342 g/mol. The first-order valence-corrected chi connectivity index (χ1v) is 9.86. The van der Waals surface area contributed by atoms with E-state index in [-0.39, 0.29) is 5.60 Å². The first-order valence-electron chi connectivity index (χ1n) is 9.86. The van der Waals surface area contributed by atoms with Crippen LogP contribution >= 0.6 is 0 Å². The van der Waals surface area contributed by atoms with Crippen molar-refractivity contribution in [3.05, 3.63) is 30.6 Å². The maximum Gasteiger partial charge on any atom is 0.222 e. The van der Waals surface area contributed by atoms with Crippen LogP contribution in [0.1, 0.15) is 44.9 Å². The molecule has 5 nitrogen and oxygen atoms in total. The quantitative estimate of drug-likeness (QED) is 0.851. The third-order valence-electron chi connectivity index (χ3n) is 6.05. The number of aromatic nitrogens is 2. The molecule has 1 spiro atoms. The van der Waals surface area contributed by atoms with E-state index in [2.05, 4.69) is 32.3 Å². The van der Waals surface area contributed by atoms with Gasteiger partial charge in [-0.25, -0.2) is 9.97 Å². The minimum Gasteiger partial charge on any atom is -0.375 e. The topological polar surface area (TPSA) is 50.3 Å². The van der Waals surface area contributed by atoms with Gasteiger partial charge in [0.05, 0.1) is 5.60 Å². The Morgan fingerprint density at radius 3 is 2.76 bits per heavy atom. The summed E-state index contributed by atoms with van der Waals surface area (Å²) in [4.78, 5) is 11.3. The number of anilines is 1. The minimum absolute atomic E-state index is 0.0632. The van der Waals surface area contributed by atoms with Crippen LogP contribution in [0.5, 0.6) is 0 Å².